The average Bonchev–Trinajstić information content (AvgIpc) is 2.17. The van der Waals surface area contributed by atoms with Gasteiger partial charge in [0, 0.05) is 0 Å². The summed E-state index contributed by atoms with van der Waals surface area (Å²) in [5, 5.41) is 10.3. The van der Waals surface area contributed by atoms with E-state index in [1.54, 1.807) is 18.2 Å². The van der Waals surface area contributed by atoms with Gasteiger partial charge >= 0.3 is 0 Å². The summed E-state index contributed by atoms with van der Waals surface area (Å²) in [6.07, 6.45) is -0.107. The zero-order valence-corrected chi connectivity index (χ0v) is 9.63. The molecule has 1 atom stereocenters. The van der Waals surface area contributed by atoms with Gasteiger partial charge in [-0.05, 0) is 25.1 Å². The van der Waals surface area contributed by atoms with Crippen LogP contribution >= 0.6 is 23.2 Å². The third-order valence-corrected chi connectivity index (χ3v) is 2.43. The molecular formula is C10H13Cl2NO2. The molecule has 0 aliphatic rings. The number of aliphatic hydroxyl groups excluding tert-OH is 1. The van der Waals surface area contributed by atoms with Gasteiger partial charge < -0.3 is 15.6 Å². The van der Waals surface area contributed by atoms with Gasteiger partial charge in [-0.15, -0.1) is 0 Å². The van der Waals surface area contributed by atoms with Crippen molar-refractivity contribution in [2.24, 2.45) is 5.73 Å². The Hall–Kier alpha value is -0.480. The van der Waals surface area contributed by atoms with E-state index < -0.39 is 6.10 Å². The fraction of sp³-hybridized carbons (Fsp3) is 0.400. The van der Waals surface area contributed by atoms with Crippen molar-refractivity contribution >= 4 is 23.2 Å². The smallest absolute Gasteiger partial charge is 0.156 e. The number of hydrogen-bond acceptors (Lipinski definition) is 3. The van der Waals surface area contributed by atoms with E-state index in [-0.39, 0.29) is 6.61 Å². The van der Waals surface area contributed by atoms with Crippen LogP contribution in [0.5, 0.6) is 5.75 Å². The molecular weight excluding hydrogens is 237 g/mol. The van der Waals surface area contributed by atoms with Crippen molar-refractivity contribution in [3.63, 3.8) is 0 Å². The standard InChI is InChI=1S/C10H13Cl2NO2/c11-8-2-1-3-9(12)10(8)15-6-7(14)4-5-13/h1-3,7,14H,4-6,13H2. The van der Waals surface area contributed by atoms with Crippen LogP contribution in [0.2, 0.25) is 10.0 Å². The third-order valence-electron chi connectivity index (χ3n) is 1.84. The zero-order valence-electron chi connectivity index (χ0n) is 8.12. The van der Waals surface area contributed by atoms with Crippen LogP contribution in [0.3, 0.4) is 0 Å². The van der Waals surface area contributed by atoms with Crippen molar-refractivity contribution in [1.29, 1.82) is 0 Å². The molecule has 0 fully saturated rings. The highest BCUT2D eigenvalue weighted by Crippen LogP contribution is 2.32. The molecule has 0 amide bonds. The number of nitrogens with two attached hydrogens (primary N) is 1. The van der Waals surface area contributed by atoms with Crippen molar-refractivity contribution in [3.8, 4) is 5.75 Å². The molecule has 0 aromatic heterocycles. The lowest BCUT2D eigenvalue weighted by atomic mass is 10.3. The van der Waals surface area contributed by atoms with Crippen molar-refractivity contribution in [3.05, 3.63) is 28.2 Å². The molecule has 5 heteroatoms. The summed E-state index contributed by atoms with van der Waals surface area (Å²) >= 11 is 11.7. The second kappa shape index (κ2) is 6.18. The topological polar surface area (TPSA) is 55.5 Å². The lowest BCUT2D eigenvalue weighted by molar-refractivity contribution is 0.102. The molecule has 0 heterocycles. The minimum Gasteiger partial charge on any atom is -0.488 e. The van der Waals surface area contributed by atoms with Crippen LogP contribution in [0.1, 0.15) is 6.42 Å². The molecule has 0 aliphatic heterocycles. The van der Waals surface area contributed by atoms with E-state index in [4.69, 9.17) is 33.7 Å². The summed E-state index contributed by atoms with van der Waals surface area (Å²) in [7, 11) is 0. The minimum atomic E-state index is -0.595. The van der Waals surface area contributed by atoms with Gasteiger partial charge in [0.05, 0.1) is 16.1 Å². The summed E-state index contributed by atoms with van der Waals surface area (Å²) in [6, 6.07) is 5.09. The molecule has 1 unspecified atom stereocenters. The van der Waals surface area contributed by atoms with Crippen LogP contribution in [-0.2, 0) is 0 Å². The zero-order chi connectivity index (χ0) is 11.3. The van der Waals surface area contributed by atoms with Gasteiger partial charge in [-0.1, -0.05) is 29.3 Å². The Morgan fingerprint density at radius 2 is 1.93 bits per heavy atom. The van der Waals surface area contributed by atoms with Crippen molar-refractivity contribution in [2.75, 3.05) is 13.2 Å². The van der Waals surface area contributed by atoms with Crippen LogP contribution in [-0.4, -0.2) is 24.4 Å². The molecule has 3 nitrogen and oxygen atoms in total. The predicted molar refractivity (Wildman–Crippen MR) is 61.6 cm³/mol. The lowest BCUT2D eigenvalue weighted by Crippen LogP contribution is -2.21. The number of hydrogen-bond donors (Lipinski definition) is 2. The highest BCUT2D eigenvalue weighted by atomic mass is 35.5. The molecule has 0 saturated carbocycles. The quantitative estimate of drug-likeness (QED) is 0.841. The number of halogens is 2. The minimum absolute atomic E-state index is 0.140. The molecule has 0 radical (unpaired) electrons. The molecule has 1 aromatic rings. The second-order valence-corrected chi connectivity index (χ2v) is 3.91. The van der Waals surface area contributed by atoms with Crippen molar-refractivity contribution in [1.82, 2.24) is 0 Å². The van der Waals surface area contributed by atoms with Crippen LogP contribution in [0, 0.1) is 0 Å². The Labute approximate surface area is 98.7 Å². The molecule has 0 bridgehead atoms. The van der Waals surface area contributed by atoms with E-state index >= 15 is 0 Å². The molecule has 84 valence electrons. The monoisotopic (exact) mass is 249 g/mol. The first kappa shape index (κ1) is 12.6. The second-order valence-electron chi connectivity index (χ2n) is 3.09. The Morgan fingerprint density at radius 3 is 2.47 bits per heavy atom. The van der Waals surface area contributed by atoms with E-state index in [9.17, 15) is 5.11 Å². The van der Waals surface area contributed by atoms with Gasteiger partial charge in [0.25, 0.3) is 0 Å². The third kappa shape index (κ3) is 3.87. The highest BCUT2D eigenvalue weighted by molar-refractivity contribution is 6.37. The number of aliphatic hydroxyl groups is 1. The predicted octanol–water partition coefficient (Wildman–Crippen LogP) is 2.08. The largest absolute Gasteiger partial charge is 0.488 e. The van der Waals surface area contributed by atoms with Gasteiger partial charge in [0.2, 0.25) is 0 Å². The molecule has 0 spiro atoms. The molecule has 0 aliphatic carbocycles. The van der Waals surface area contributed by atoms with Crippen LogP contribution in [0.25, 0.3) is 0 Å². The maximum atomic E-state index is 9.40. The first-order chi connectivity index (χ1) is 7.15. The highest BCUT2D eigenvalue weighted by Gasteiger charge is 2.09. The van der Waals surface area contributed by atoms with Crippen molar-refractivity contribution in [2.45, 2.75) is 12.5 Å². The van der Waals surface area contributed by atoms with Crippen LogP contribution in [0.4, 0.5) is 0 Å². The van der Waals surface area contributed by atoms with E-state index in [0.717, 1.165) is 0 Å². The first-order valence-corrected chi connectivity index (χ1v) is 5.35. The fourth-order valence-corrected chi connectivity index (χ4v) is 1.58. The van der Waals surface area contributed by atoms with Crippen LogP contribution in [0.15, 0.2) is 18.2 Å². The molecule has 1 rings (SSSR count). The van der Waals surface area contributed by atoms with Gasteiger partial charge in [-0.2, -0.15) is 0 Å². The summed E-state index contributed by atoms with van der Waals surface area (Å²) in [4.78, 5) is 0. The van der Waals surface area contributed by atoms with E-state index in [1.165, 1.54) is 0 Å². The Morgan fingerprint density at radius 1 is 1.33 bits per heavy atom. The first-order valence-electron chi connectivity index (χ1n) is 4.60. The van der Waals surface area contributed by atoms with Gasteiger partial charge in [0.15, 0.2) is 5.75 Å². The Kier molecular flexibility index (Phi) is 5.19. The summed E-state index contributed by atoms with van der Waals surface area (Å²) in [6.45, 7) is 0.557. The maximum absolute atomic E-state index is 9.40. The molecule has 15 heavy (non-hydrogen) atoms. The van der Waals surface area contributed by atoms with Crippen LogP contribution < -0.4 is 10.5 Å². The average molecular weight is 250 g/mol. The molecule has 0 saturated heterocycles. The van der Waals surface area contributed by atoms with Gasteiger partial charge in [-0.3, -0.25) is 0 Å². The Balaban J connectivity index is 2.57. The number of para-hydroxylation sites is 1. The molecule has 3 N–H and O–H groups in total. The Bertz CT molecular complexity index is 300. The fourth-order valence-electron chi connectivity index (χ4n) is 1.08. The number of benzene rings is 1. The van der Waals surface area contributed by atoms with Crippen molar-refractivity contribution < 1.29 is 9.84 Å². The van der Waals surface area contributed by atoms with E-state index in [2.05, 4.69) is 0 Å². The van der Waals surface area contributed by atoms with E-state index in [0.29, 0.717) is 28.8 Å². The molecule has 1 aromatic carbocycles. The lowest BCUT2D eigenvalue weighted by Gasteiger charge is -2.13. The maximum Gasteiger partial charge on any atom is 0.156 e. The van der Waals surface area contributed by atoms with Gasteiger partial charge in [-0.25, -0.2) is 0 Å². The summed E-state index contributed by atoms with van der Waals surface area (Å²) in [5.74, 6) is 0.400. The summed E-state index contributed by atoms with van der Waals surface area (Å²) in [5.41, 5.74) is 5.29. The summed E-state index contributed by atoms with van der Waals surface area (Å²) < 4.78 is 5.31. The van der Waals surface area contributed by atoms with Gasteiger partial charge in [0.1, 0.15) is 6.61 Å². The SMILES string of the molecule is NCCC(O)COc1c(Cl)cccc1Cl. The normalized spacial score (nSPS) is 12.5. The number of rotatable bonds is 5. The van der Waals surface area contributed by atoms with E-state index in [1.807, 2.05) is 0 Å². The number of ether oxygens (including phenoxy) is 1.